The van der Waals surface area contributed by atoms with Gasteiger partial charge in [-0.15, -0.1) is 0 Å². The highest BCUT2D eigenvalue weighted by molar-refractivity contribution is 5.81. The molecule has 1 fully saturated rings. The second-order valence-electron chi connectivity index (χ2n) is 4.93. The molecule has 3 nitrogen and oxygen atoms in total. The van der Waals surface area contributed by atoms with Crippen molar-refractivity contribution >= 4 is 5.78 Å². The van der Waals surface area contributed by atoms with Crippen molar-refractivity contribution in [2.24, 2.45) is 5.92 Å². The molecule has 2 rings (SSSR count). The molecule has 0 N–H and O–H groups in total. The first kappa shape index (κ1) is 12.2. The lowest BCUT2D eigenvalue weighted by Gasteiger charge is -2.25. The van der Waals surface area contributed by atoms with E-state index in [1.165, 1.54) is 6.42 Å². The fourth-order valence-electron chi connectivity index (χ4n) is 2.46. The van der Waals surface area contributed by atoms with Crippen LogP contribution in [0.1, 0.15) is 31.4 Å². The number of carbonyl (C=O) groups is 1. The second kappa shape index (κ2) is 5.92. The summed E-state index contributed by atoms with van der Waals surface area (Å²) < 4.78 is 0. The number of pyridine rings is 1. The minimum Gasteiger partial charge on any atom is -0.300 e. The Hall–Kier alpha value is -1.22. The molecular formula is C14H20N2O. The molecule has 0 aromatic carbocycles. The molecule has 0 saturated heterocycles. The Kier molecular flexibility index (Phi) is 4.26. The molecule has 0 spiro atoms. The predicted molar refractivity (Wildman–Crippen MR) is 67.5 cm³/mol. The fourth-order valence-corrected chi connectivity index (χ4v) is 2.46. The van der Waals surface area contributed by atoms with Crippen molar-refractivity contribution in [2.75, 3.05) is 13.6 Å². The number of hydrogen-bond acceptors (Lipinski definition) is 3. The van der Waals surface area contributed by atoms with Gasteiger partial charge in [0.2, 0.25) is 0 Å². The van der Waals surface area contributed by atoms with E-state index in [9.17, 15) is 4.79 Å². The Bertz CT molecular complexity index is 364. The van der Waals surface area contributed by atoms with E-state index in [-0.39, 0.29) is 5.92 Å². The summed E-state index contributed by atoms with van der Waals surface area (Å²) in [5, 5.41) is 0. The van der Waals surface area contributed by atoms with Crippen LogP contribution < -0.4 is 0 Å². The van der Waals surface area contributed by atoms with Crippen molar-refractivity contribution in [3.8, 4) is 0 Å². The van der Waals surface area contributed by atoms with Crippen molar-refractivity contribution in [1.29, 1.82) is 0 Å². The van der Waals surface area contributed by atoms with E-state index in [0.29, 0.717) is 5.78 Å². The number of ketones is 1. The minimum atomic E-state index is 0.248. The Morgan fingerprint density at radius 1 is 1.41 bits per heavy atom. The zero-order valence-electron chi connectivity index (χ0n) is 10.4. The van der Waals surface area contributed by atoms with E-state index in [4.69, 9.17) is 0 Å². The van der Waals surface area contributed by atoms with Crippen LogP contribution in [0, 0.1) is 5.92 Å². The summed E-state index contributed by atoms with van der Waals surface area (Å²) >= 11 is 0. The van der Waals surface area contributed by atoms with E-state index >= 15 is 0 Å². The number of rotatable bonds is 4. The fraction of sp³-hybridized carbons (Fsp3) is 0.571. The van der Waals surface area contributed by atoms with Crippen LogP contribution in [0.15, 0.2) is 24.4 Å². The van der Waals surface area contributed by atoms with Gasteiger partial charge in [-0.3, -0.25) is 14.7 Å². The van der Waals surface area contributed by atoms with Gasteiger partial charge in [-0.2, -0.15) is 0 Å². The Morgan fingerprint density at radius 2 is 2.29 bits per heavy atom. The van der Waals surface area contributed by atoms with Crippen molar-refractivity contribution in [2.45, 2.75) is 32.2 Å². The van der Waals surface area contributed by atoms with Gasteiger partial charge in [0.1, 0.15) is 5.78 Å². The average Bonchev–Trinajstić information content (AvgIpc) is 2.33. The topological polar surface area (TPSA) is 33.2 Å². The van der Waals surface area contributed by atoms with Crippen LogP contribution in [0.2, 0.25) is 0 Å². The molecule has 92 valence electrons. The van der Waals surface area contributed by atoms with Crippen molar-refractivity contribution in [3.05, 3.63) is 30.1 Å². The number of aromatic nitrogens is 1. The maximum atomic E-state index is 11.7. The monoisotopic (exact) mass is 232 g/mol. The van der Waals surface area contributed by atoms with E-state index < -0.39 is 0 Å². The molecule has 1 unspecified atom stereocenters. The Labute approximate surface area is 103 Å². The smallest absolute Gasteiger partial charge is 0.137 e. The van der Waals surface area contributed by atoms with Crippen LogP contribution in [0.5, 0.6) is 0 Å². The molecule has 1 heterocycles. The second-order valence-corrected chi connectivity index (χ2v) is 4.93. The summed E-state index contributed by atoms with van der Waals surface area (Å²) in [6, 6.07) is 5.95. The normalized spacial score (nSPS) is 20.8. The number of hydrogen-bond donors (Lipinski definition) is 0. The molecule has 1 aromatic heterocycles. The lowest BCUT2D eigenvalue weighted by atomic mass is 9.87. The largest absolute Gasteiger partial charge is 0.300 e. The zero-order chi connectivity index (χ0) is 12.1. The molecule has 0 amide bonds. The summed E-state index contributed by atoms with van der Waals surface area (Å²) in [6.07, 6.45) is 5.94. The van der Waals surface area contributed by atoms with Gasteiger partial charge in [0.25, 0.3) is 0 Å². The van der Waals surface area contributed by atoms with E-state index in [2.05, 4.69) is 16.9 Å². The minimum absolute atomic E-state index is 0.248. The molecule has 1 atom stereocenters. The van der Waals surface area contributed by atoms with Crippen molar-refractivity contribution < 1.29 is 4.79 Å². The first-order valence-electron chi connectivity index (χ1n) is 6.37. The molecule has 3 heteroatoms. The third-order valence-electron chi connectivity index (χ3n) is 3.37. The summed E-state index contributed by atoms with van der Waals surface area (Å²) in [5.41, 5.74) is 1.07. The highest BCUT2D eigenvalue weighted by atomic mass is 16.1. The van der Waals surface area contributed by atoms with E-state index in [0.717, 1.165) is 38.0 Å². The van der Waals surface area contributed by atoms with E-state index in [1.807, 2.05) is 24.4 Å². The highest BCUT2D eigenvalue weighted by Gasteiger charge is 2.23. The summed E-state index contributed by atoms with van der Waals surface area (Å²) in [5.74, 6) is 0.696. The summed E-state index contributed by atoms with van der Waals surface area (Å²) in [6.45, 7) is 1.69. The number of Topliss-reactive ketones (excluding diaryl/α,β-unsaturated/α-hetero) is 1. The quantitative estimate of drug-likeness (QED) is 0.798. The molecule has 1 aliphatic carbocycles. The van der Waals surface area contributed by atoms with Crippen LogP contribution in [-0.4, -0.2) is 29.3 Å². The lowest BCUT2D eigenvalue weighted by molar-refractivity contribution is -0.125. The maximum Gasteiger partial charge on any atom is 0.137 e. The van der Waals surface area contributed by atoms with Gasteiger partial charge in [-0.05, 0) is 32.0 Å². The zero-order valence-corrected chi connectivity index (χ0v) is 10.4. The molecule has 1 aromatic rings. The van der Waals surface area contributed by atoms with Crippen molar-refractivity contribution in [1.82, 2.24) is 9.88 Å². The molecule has 0 radical (unpaired) electrons. The van der Waals surface area contributed by atoms with Gasteiger partial charge in [0.05, 0.1) is 5.69 Å². The number of nitrogens with zero attached hydrogens (tertiary/aromatic N) is 2. The first-order chi connectivity index (χ1) is 8.25. The predicted octanol–water partition coefficient (Wildman–Crippen LogP) is 2.27. The third-order valence-corrected chi connectivity index (χ3v) is 3.37. The standard InChI is InChI=1S/C14H20N2O/c1-16(11-13-7-4-5-9-15-13)10-12-6-2-3-8-14(12)17/h4-5,7,9,12H,2-3,6,8,10-11H2,1H3. The maximum absolute atomic E-state index is 11.7. The SMILES string of the molecule is CN(Cc1ccccn1)CC1CCCCC1=O. The summed E-state index contributed by atoms with van der Waals surface area (Å²) in [4.78, 5) is 18.2. The summed E-state index contributed by atoms with van der Waals surface area (Å²) in [7, 11) is 2.07. The van der Waals surface area contributed by atoms with Crippen molar-refractivity contribution in [3.63, 3.8) is 0 Å². The first-order valence-corrected chi connectivity index (χ1v) is 6.37. The van der Waals surface area contributed by atoms with Gasteiger partial charge in [0.15, 0.2) is 0 Å². The van der Waals surface area contributed by atoms with Crippen LogP contribution in [0.3, 0.4) is 0 Å². The van der Waals surface area contributed by atoms with E-state index in [1.54, 1.807) is 0 Å². The lowest BCUT2D eigenvalue weighted by Crippen LogP contribution is -2.32. The van der Waals surface area contributed by atoms with Gasteiger partial charge < -0.3 is 0 Å². The van der Waals surface area contributed by atoms with Gasteiger partial charge in [0, 0.05) is 31.6 Å². The molecule has 1 aliphatic rings. The molecule has 17 heavy (non-hydrogen) atoms. The molecular weight excluding hydrogens is 212 g/mol. The Morgan fingerprint density at radius 3 is 3.00 bits per heavy atom. The van der Waals surface area contributed by atoms with Crippen LogP contribution in [-0.2, 0) is 11.3 Å². The molecule has 0 bridgehead atoms. The Balaban J connectivity index is 1.84. The highest BCUT2D eigenvalue weighted by Crippen LogP contribution is 2.21. The van der Waals surface area contributed by atoms with Crippen LogP contribution in [0.4, 0.5) is 0 Å². The average molecular weight is 232 g/mol. The van der Waals surface area contributed by atoms with Crippen LogP contribution >= 0.6 is 0 Å². The molecule has 0 aliphatic heterocycles. The van der Waals surface area contributed by atoms with Gasteiger partial charge >= 0.3 is 0 Å². The van der Waals surface area contributed by atoms with Gasteiger partial charge in [-0.1, -0.05) is 12.5 Å². The molecule has 1 saturated carbocycles. The third kappa shape index (κ3) is 3.63. The van der Waals surface area contributed by atoms with Gasteiger partial charge in [-0.25, -0.2) is 0 Å². The number of carbonyl (C=O) groups excluding carboxylic acids is 1. The van der Waals surface area contributed by atoms with Crippen LogP contribution in [0.25, 0.3) is 0 Å².